The summed E-state index contributed by atoms with van der Waals surface area (Å²) in [7, 11) is 5.12. The molecule has 0 unspecified atom stereocenters. The molecule has 0 aliphatic carbocycles. The second-order valence-corrected chi connectivity index (χ2v) is 7.61. The Morgan fingerprint density at radius 1 is 1.21 bits per heavy atom. The van der Waals surface area contributed by atoms with Gasteiger partial charge in [-0.3, -0.25) is 9.78 Å². The number of H-pyrrole nitrogens is 1. The van der Waals surface area contributed by atoms with Crippen LogP contribution in [-0.2, 0) is 4.79 Å². The van der Waals surface area contributed by atoms with Gasteiger partial charge < -0.3 is 19.9 Å². The highest BCUT2D eigenvalue weighted by Gasteiger charge is 2.20. The molecule has 33 heavy (non-hydrogen) atoms. The number of aromatic amines is 1. The van der Waals surface area contributed by atoms with Crippen LogP contribution in [-0.4, -0.2) is 58.5 Å². The van der Waals surface area contributed by atoms with Crippen LogP contribution in [0.4, 0.5) is 14.6 Å². The lowest BCUT2D eigenvalue weighted by Crippen LogP contribution is -2.27. The van der Waals surface area contributed by atoms with Gasteiger partial charge >= 0.3 is 0 Å². The molecule has 0 aliphatic heterocycles. The van der Waals surface area contributed by atoms with Crippen molar-refractivity contribution in [2.75, 3.05) is 33.1 Å². The van der Waals surface area contributed by atoms with Crippen molar-refractivity contribution < 1.29 is 18.3 Å². The van der Waals surface area contributed by atoms with E-state index in [0.717, 1.165) is 0 Å². The van der Waals surface area contributed by atoms with Crippen LogP contribution in [0.25, 0.3) is 33.5 Å². The second-order valence-electron chi connectivity index (χ2n) is 7.61. The van der Waals surface area contributed by atoms with Gasteiger partial charge in [-0.2, -0.15) is 0 Å². The average Bonchev–Trinajstić information content (AvgIpc) is 3.17. The van der Waals surface area contributed by atoms with Crippen molar-refractivity contribution in [3.63, 3.8) is 0 Å². The number of carbonyl (C=O) groups is 1. The summed E-state index contributed by atoms with van der Waals surface area (Å²) in [5, 5.41) is 2.76. The van der Waals surface area contributed by atoms with Gasteiger partial charge in [0.2, 0.25) is 5.91 Å². The molecule has 170 valence electrons. The number of aromatic nitrogens is 4. The van der Waals surface area contributed by atoms with E-state index in [1.807, 2.05) is 0 Å². The van der Waals surface area contributed by atoms with Crippen molar-refractivity contribution in [1.29, 1.82) is 0 Å². The molecule has 4 rings (SSSR count). The number of halogens is 2. The largest absolute Gasteiger partial charge is 0.495 e. The van der Waals surface area contributed by atoms with Crippen molar-refractivity contribution in [3.05, 3.63) is 54.5 Å². The van der Waals surface area contributed by atoms with E-state index in [1.54, 1.807) is 55.7 Å². The summed E-state index contributed by atoms with van der Waals surface area (Å²) in [5.41, 5.74) is 3.08. The van der Waals surface area contributed by atoms with Gasteiger partial charge in [-0.1, -0.05) is 6.07 Å². The highest BCUT2D eigenvalue weighted by Crippen LogP contribution is 2.38. The first kappa shape index (κ1) is 22.3. The molecule has 0 bridgehead atoms. The third-order valence-corrected chi connectivity index (χ3v) is 4.87. The zero-order chi connectivity index (χ0) is 23.5. The summed E-state index contributed by atoms with van der Waals surface area (Å²) in [4.78, 5) is 30.1. The third-order valence-electron chi connectivity index (χ3n) is 4.87. The highest BCUT2D eigenvalue weighted by molar-refractivity contribution is 6.01. The molecule has 4 aromatic rings. The number of likely N-dealkylation sites (N-methyl/N-ethyl adjacent to an activating group) is 1. The number of amides is 1. The number of carbonyl (C=O) groups excluding carboxylic acids is 1. The number of pyridine rings is 3. The number of methoxy groups -OCH3 is 1. The van der Waals surface area contributed by atoms with Crippen LogP contribution in [0.15, 0.2) is 48.8 Å². The first-order valence-corrected chi connectivity index (χ1v) is 10.1. The Hall–Kier alpha value is -3.92. The molecule has 0 saturated heterocycles. The van der Waals surface area contributed by atoms with Gasteiger partial charge in [-0.25, -0.2) is 18.7 Å². The minimum absolute atomic E-state index is 0.206. The van der Waals surface area contributed by atoms with Crippen molar-refractivity contribution in [2.45, 2.75) is 6.43 Å². The number of anilines is 1. The number of rotatable bonds is 7. The topological polar surface area (TPSA) is 96.0 Å². The summed E-state index contributed by atoms with van der Waals surface area (Å²) >= 11 is 0. The molecule has 8 nitrogen and oxygen atoms in total. The Labute approximate surface area is 188 Å². The summed E-state index contributed by atoms with van der Waals surface area (Å²) in [6.45, 7) is 0.206. The van der Waals surface area contributed by atoms with Crippen LogP contribution in [0.3, 0.4) is 0 Å². The maximum atomic E-state index is 13.3. The number of nitrogens with zero attached hydrogens (tertiary/aromatic N) is 4. The fourth-order valence-corrected chi connectivity index (χ4v) is 3.47. The summed E-state index contributed by atoms with van der Waals surface area (Å²) in [6, 6.07) is 9.71. The van der Waals surface area contributed by atoms with E-state index < -0.39 is 6.43 Å². The van der Waals surface area contributed by atoms with E-state index in [9.17, 15) is 13.6 Å². The first-order chi connectivity index (χ1) is 15.9. The van der Waals surface area contributed by atoms with E-state index in [-0.39, 0.29) is 18.1 Å². The Kier molecular flexibility index (Phi) is 6.27. The molecule has 0 radical (unpaired) electrons. The zero-order valence-corrected chi connectivity index (χ0v) is 18.3. The molecule has 0 fully saturated rings. The molecule has 0 aliphatic rings. The zero-order valence-electron chi connectivity index (χ0n) is 18.3. The lowest BCUT2D eigenvalue weighted by Gasteiger charge is -2.11. The average molecular weight is 452 g/mol. The maximum absolute atomic E-state index is 13.3. The van der Waals surface area contributed by atoms with Gasteiger partial charge in [0.15, 0.2) is 0 Å². The first-order valence-electron chi connectivity index (χ1n) is 10.1. The molecule has 0 aromatic carbocycles. The maximum Gasteiger partial charge on any atom is 0.280 e. The minimum atomic E-state index is -2.70. The molecular formula is C23H22F2N6O2. The van der Waals surface area contributed by atoms with E-state index >= 15 is 0 Å². The number of alkyl halides is 2. The van der Waals surface area contributed by atoms with Crippen molar-refractivity contribution in [2.24, 2.45) is 0 Å². The van der Waals surface area contributed by atoms with Gasteiger partial charge in [0.1, 0.15) is 17.3 Å². The van der Waals surface area contributed by atoms with Gasteiger partial charge in [0, 0.05) is 17.8 Å². The molecule has 1 amide bonds. The lowest BCUT2D eigenvalue weighted by molar-refractivity contribution is -0.116. The van der Waals surface area contributed by atoms with E-state index in [1.165, 1.54) is 19.2 Å². The van der Waals surface area contributed by atoms with E-state index in [0.29, 0.717) is 45.1 Å². The van der Waals surface area contributed by atoms with Gasteiger partial charge in [0.05, 0.1) is 47.8 Å². The fraction of sp³-hybridized carbons (Fsp3) is 0.217. The standard InChI is InChI=1S/C23H22F2N6O2/c1-31(2)12-19(32)30-18-9-13(7-8-26-18)21-20(15-5-4-6-16(28-15)23(24)25)22-17(29-21)10-14(33-3)11-27-22/h4-11,23,29H,12H2,1-3H3,(H,26,30,32). The van der Waals surface area contributed by atoms with Gasteiger partial charge in [0.25, 0.3) is 6.43 Å². The second kappa shape index (κ2) is 9.29. The molecule has 10 heteroatoms. The highest BCUT2D eigenvalue weighted by atomic mass is 19.3. The monoisotopic (exact) mass is 452 g/mol. The normalized spacial score (nSPS) is 11.4. The van der Waals surface area contributed by atoms with Crippen LogP contribution in [0, 0.1) is 0 Å². The lowest BCUT2D eigenvalue weighted by atomic mass is 10.0. The Morgan fingerprint density at radius 2 is 2.03 bits per heavy atom. The predicted molar refractivity (Wildman–Crippen MR) is 121 cm³/mol. The van der Waals surface area contributed by atoms with E-state index in [2.05, 4.69) is 25.3 Å². The van der Waals surface area contributed by atoms with Gasteiger partial charge in [-0.15, -0.1) is 0 Å². The smallest absolute Gasteiger partial charge is 0.280 e. The molecule has 4 heterocycles. The Bertz CT molecular complexity index is 1310. The van der Waals surface area contributed by atoms with E-state index in [4.69, 9.17) is 4.74 Å². The number of fused-ring (bicyclic) bond motifs is 1. The summed E-state index contributed by atoms with van der Waals surface area (Å²) in [6.07, 6.45) is 0.415. The van der Waals surface area contributed by atoms with Crippen LogP contribution < -0.4 is 10.1 Å². The van der Waals surface area contributed by atoms with Crippen molar-refractivity contribution in [3.8, 4) is 28.3 Å². The van der Waals surface area contributed by atoms with Crippen LogP contribution in [0.2, 0.25) is 0 Å². The molecule has 0 saturated carbocycles. The van der Waals surface area contributed by atoms with Crippen molar-refractivity contribution >= 4 is 22.8 Å². The quantitative estimate of drug-likeness (QED) is 0.438. The molecule has 0 spiro atoms. The van der Waals surface area contributed by atoms with Crippen LogP contribution in [0.5, 0.6) is 5.75 Å². The number of nitrogens with one attached hydrogen (secondary N) is 2. The summed E-state index contributed by atoms with van der Waals surface area (Å²) in [5.74, 6) is 0.700. The number of hydrogen-bond acceptors (Lipinski definition) is 6. The number of hydrogen-bond donors (Lipinski definition) is 2. The Morgan fingerprint density at radius 3 is 2.76 bits per heavy atom. The van der Waals surface area contributed by atoms with Crippen molar-refractivity contribution in [1.82, 2.24) is 24.8 Å². The predicted octanol–water partition coefficient (Wildman–Crippen LogP) is 4.13. The SMILES string of the molecule is COc1cnc2c(-c3cccc(C(F)F)n3)c(-c3ccnc(NC(=O)CN(C)C)c3)[nH]c2c1. The third kappa shape index (κ3) is 4.80. The van der Waals surface area contributed by atoms with Crippen LogP contribution >= 0.6 is 0 Å². The number of ether oxygens (including phenoxy) is 1. The Balaban J connectivity index is 1.86. The molecule has 2 N–H and O–H groups in total. The minimum Gasteiger partial charge on any atom is -0.495 e. The van der Waals surface area contributed by atoms with Crippen LogP contribution in [0.1, 0.15) is 12.1 Å². The summed E-state index contributed by atoms with van der Waals surface area (Å²) < 4.78 is 31.9. The van der Waals surface area contributed by atoms with Gasteiger partial charge in [-0.05, 0) is 38.4 Å². The molecular weight excluding hydrogens is 430 g/mol. The molecule has 4 aromatic heterocycles. The molecule has 0 atom stereocenters. The fourth-order valence-electron chi connectivity index (χ4n) is 3.47.